The standard InChI is InChI=1S/C11H9BrF2N2/c1-7-4-5-15-16(7)6-8-10(13)3-2-9(12)11(8)14/h2-5H,6H2,1H3. The van der Waals surface area contributed by atoms with Crippen molar-refractivity contribution < 1.29 is 8.78 Å². The van der Waals surface area contributed by atoms with E-state index in [9.17, 15) is 8.78 Å². The highest BCUT2D eigenvalue weighted by atomic mass is 79.9. The van der Waals surface area contributed by atoms with Gasteiger partial charge < -0.3 is 0 Å². The monoisotopic (exact) mass is 286 g/mol. The topological polar surface area (TPSA) is 17.8 Å². The van der Waals surface area contributed by atoms with Crippen molar-refractivity contribution >= 4 is 15.9 Å². The first-order valence-electron chi connectivity index (χ1n) is 4.70. The van der Waals surface area contributed by atoms with Crippen molar-refractivity contribution in [3.05, 3.63) is 51.8 Å². The molecule has 0 aliphatic rings. The summed E-state index contributed by atoms with van der Waals surface area (Å²) in [7, 11) is 0. The molecule has 5 heteroatoms. The molecule has 0 radical (unpaired) electrons. The molecule has 1 aromatic carbocycles. The van der Waals surface area contributed by atoms with Crippen LogP contribution in [-0.4, -0.2) is 9.78 Å². The number of aromatic nitrogens is 2. The Kier molecular flexibility index (Phi) is 3.05. The summed E-state index contributed by atoms with van der Waals surface area (Å²) in [6, 6.07) is 4.37. The van der Waals surface area contributed by atoms with Gasteiger partial charge in [-0.1, -0.05) is 0 Å². The second kappa shape index (κ2) is 4.33. The van der Waals surface area contributed by atoms with E-state index >= 15 is 0 Å². The van der Waals surface area contributed by atoms with E-state index in [-0.39, 0.29) is 16.6 Å². The van der Waals surface area contributed by atoms with Crippen LogP contribution in [0.25, 0.3) is 0 Å². The molecule has 1 heterocycles. The van der Waals surface area contributed by atoms with E-state index in [0.29, 0.717) is 0 Å². The molecule has 0 bridgehead atoms. The quantitative estimate of drug-likeness (QED) is 0.775. The second-order valence-corrected chi connectivity index (χ2v) is 4.31. The Morgan fingerprint density at radius 3 is 2.69 bits per heavy atom. The van der Waals surface area contributed by atoms with Crippen LogP contribution in [0.2, 0.25) is 0 Å². The van der Waals surface area contributed by atoms with Gasteiger partial charge in [-0.3, -0.25) is 4.68 Å². The van der Waals surface area contributed by atoms with Crippen LogP contribution < -0.4 is 0 Å². The van der Waals surface area contributed by atoms with Gasteiger partial charge in [0, 0.05) is 17.5 Å². The second-order valence-electron chi connectivity index (χ2n) is 3.45. The number of hydrogen-bond donors (Lipinski definition) is 0. The van der Waals surface area contributed by atoms with Crippen molar-refractivity contribution in [3.63, 3.8) is 0 Å². The normalized spacial score (nSPS) is 10.8. The van der Waals surface area contributed by atoms with Crippen LogP contribution in [0.1, 0.15) is 11.3 Å². The molecule has 2 rings (SSSR count). The molecule has 84 valence electrons. The molecule has 0 aliphatic heterocycles. The smallest absolute Gasteiger partial charge is 0.145 e. The Morgan fingerprint density at radius 1 is 1.31 bits per heavy atom. The summed E-state index contributed by atoms with van der Waals surface area (Å²) in [6.07, 6.45) is 1.60. The minimum absolute atomic E-state index is 0.0150. The summed E-state index contributed by atoms with van der Waals surface area (Å²) in [6.45, 7) is 1.93. The number of rotatable bonds is 2. The minimum atomic E-state index is -0.574. The van der Waals surface area contributed by atoms with Crippen molar-refractivity contribution in [1.29, 1.82) is 0 Å². The van der Waals surface area contributed by atoms with Crippen molar-refractivity contribution in [2.24, 2.45) is 0 Å². The molecule has 0 amide bonds. The van der Waals surface area contributed by atoms with Gasteiger partial charge in [0.15, 0.2) is 0 Å². The molecule has 0 saturated heterocycles. The molecule has 0 fully saturated rings. The number of halogens is 3. The molecule has 0 spiro atoms. The molecular weight excluding hydrogens is 278 g/mol. The fraction of sp³-hybridized carbons (Fsp3) is 0.182. The van der Waals surface area contributed by atoms with Crippen LogP contribution in [0, 0.1) is 18.6 Å². The van der Waals surface area contributed by atoms with Gasteiger partial charge in [-0.15, -0.1) is 0 Å². The van der Waals surface area contributed by atoms with Crippen LogP contribution in [0.15, 0.2) is 28.9 Å². The van der Waals surface area contributed by atoms with Crippen molar-refractivity contribution in [3.8, 4) is 0 Å². The Labute approximate surface area is 100 Å². The zero-order valence-corrected chi connectivity index (χ0v) is 10.1. The summed E-state index contributed by atoms with van der Waals surface area (Å²) < 4.78 is 28.9. The Hall–Kier alpha value is -1.23. The summed E-state index contributed by atoms with van der Waals surface area (Å²) in [5, 5.41) is 3.99. The predicted octanol–water partition coefficient (Wildman–Crippen LogP) is 3.28. The molecule has 0 unspecified atom stereocenters. The number of benzene rings is 1. The summed E-state index contributed by atoms with van der Waals surface area (Å²) in [4.78, 5) is 0. The fourth-order valence-electron chi connectivity index (χ4n) is 1.43. The summed E-state index contributed by atoms with van der Waals surface area (Å²) in [5.74, 6) is -1.13. The highest BCUT2D eigenvalue weighted by Gasteiger charge is 2.13. The highest BCUT2D eigenvalue weighted by molar-refractivity contribution is 9.10. The largest absolute Gasteiger partial charge is 0.265 e. The lowest BCUT2D eigenvalue weighted by Crippen LogP contribution is -2.08. The summed E-state index contributed by atoms with van der Waals surface area (Å²) >= 11 is 3.03. The van der Waals surface area contributed by atoms with Crippen LogP contribution in [0.4, 0.5) is 8.78 Å². The molecule has 16 heavy (non-hydrogen) atoms. The predicted molar refractivity (Wildman–Crippen MR) is 60.1 cm³/mol. The SMILES string of the molecule is Cc1ccnn1Cc1c(F)ccc(Br)c1F. The van der Waals surface area contributed by atoms with E-state index in [1.165, 1.54) is 12.1 Å². The highest BCUT2D eigenvalue weighted by Crippen LogP contribution is 2.22. The third-order valence-electron chi connectivity index (χ3n) is 2.38. The van der Waals surface area contributed by atoms with E-state index in [4.69, 9.17) is 0 Å². The number of aryl methyl sites for hydroxylation is 1. The van der Waals surface area contributed by atoms with E-state index in [1.54, 1.807) is 16.9 Å². The van der Waals surface area contributed by atoms with E-state index in [0.717, 1.165) is 5.69 Å². The molecular formula is C11H9BrF2N2. The van der Waals surface area contributed by atoms with E-state index in [2.05, 4.69) is 21.0 Å². The first-order valence-corrected chi connectivity index (χ1v) is 5.49. The van der Waals surface area contributed by atoms with Gasteiger partial charge >= 0.3 is 0 Å². The Morgan fingerprint density at radius 2 is 2.06 bits per heavy atom. The average Bonchev–Trinajstić information content (AvgIpc) is 2.65. The fourth-order valence-corrected chi connectivity index (χ4v) is 1.80. The first kappa shape index (κ1) is 11.3. The van der Waals surface area contributed by atoms with Gasteiger partial charge in [-0.25, -0.2) is 8.78 Å². The average molecular weight is 287 g/mol. The van der Waals surface area contributed by atoms with Crippen molar-refractivity contribution in [2.75, 3.05) is 0 Å². The maximum atomic E-state index is 13.7. The van der Waals surface area contributed by atoms with E-state index < -0.39 is 11.6 Å². The summed E-state index contributed by atoms with van der Waals surface area (Å²) in [5.41, 5.74) is 0.875. The van der Waals surface area contributed by atoms with Crippen LogP contribution in [-0.2, 0) is 6.54 Å². The molecule has 0 aliphatic carbocycles. The van der Waals surface area contributed by atoms with Gasteiger partial charge in [0.2, 0.25) is 0 Å². The lowest BCUT2D eigenvalue weighted by Gasteiger charge is -2.08. The van der Waals surface area contributed by atoms with Crippen LogP contribution >= 0.6 is 15.9 Å². The third kappa shape index (κ3) is 2.00. The van der Waals surface area contributed by atoms with Gasteiger partial charge in [0.1, 0.15) is 11.6 Å². The van der Waals surface area contributed by atoms with Gasteiger partial charge in [-0.2, -0.15) is 5.10 Å². The molecule has 0 atom stereocenters. The van der Waals surface area contributed by atoms with E-state index in [1.807, 2.05) is 6.92 Å². The zero-order valence-electron chi connectivity index (χ0n) is 8.54. The third-order valence-corrected chi connectivity index (χ3v) is 2.99. The molecule has 2 nitrogen and oxygen atoms in total. The van der Waals surface area contributed by atoms with Crippen molar-refractivity contribution in [2.45, 2.75) is 13.5 Å². The van der Waals surface area contributed by atoms with Gasteiger partial charge in [0.05, 0.1) is 11.0 Å². The lowest BCUT2D eigenvalue weighted by molar-refractivity contribution is 0.526. The van der Waals surface area contributed by atoms with Crippen LogP contribution in [0.3, 0.4) is 0 Å². The maximum Gasteiger partial charge on any atom is 0.145 e. The minimum Gasteiger partial charge on any atom is -0.265 e. The number of hydrogen-bond acceptors (Lipinski definition) is 1. The maximum absolute atomic E-state index is 13.7. The molecule has 0 saturated carbocycles. The molecule has 1 aromatic heterocycles. The van der Waals surface area contributed by atoms with Gasteiger partial charge in [0.25, 0.3) is 0 Å². The first-order chi connectivity index (χ1) is 7.59. The number of nitrogens with zero attached hydrogens (tertiary/aromatic N) is 2. The van der Waals surface area contributed by atoms with Crippen LogP contribution in [0.5, 0.6) is 0 Å². The lowest BCUT2D eigenvalue weighted by atomic mass is 10.2. The van der Waals surface area contributed by atoms with Crippen molar-refractivity contribution in [1.82, 2.24) is 9.78 Å². The van der Waals surface area contributed by atoms with Gasteiger partial charge in [-0.05, 0) is 41.1 Å². The molecule has 0 N–H and O–H groups in total. The Balaban J connectivity index is 2.42. The molecule has 2 aromatic rings. The Bertz CT molecular complexity index is 523. The zero-order chi connectivity index (χ0) is 11.7.